The molecule has 0 aromatic carbocycles. The number of ether oxygens (including phenoxy) is 1. The number of allylic oxidation sites excluding steroid dienone is 2. The van der Waals surface area contributed by atoms with Gasteiger partial charge in [-0.1, -0.05) is 25.3 Å². The van der Waals surface area contributed by atoms with Crippen LogP contribution in [0.15, 0.2) is 36.5 Å². The molecule has 1 N–H and O–H groups in total. The number of carboxylic acid groups (broad SMARTS) is 1. The van der Waals surface area contributed by atoms with Crippen LogP contribution in [0.3, 0.4) is 0 Å². The average Bonchev–Trinajstić information content (AvgIpc) is 2.08. The highest BCUT2D eigenvalue weighted by atomic mass is 16.5. The van der Waals surface area contributed by atoms with E-state index in [-0.39, 0.29) is 0 Å². The molecule has 0 amide bonds. The van der Waals surface area contributed by atoms with Crippen molar-refractivity contribution < 1.29 is 14.6 Å². The quantitative estimate of drug-likeness (QED) is 0.701. The summed E-state index contributed by atoms with van der Waals surface area (Å²) in [5, 5.41) is 8.67. The van der Waals surface area contributed by atoms with E-state index >= 15 is 0 Å². The molecule has 3 nitrogen and oxygen atoms in total. The summed E-state index contributed by atoms with van der Waals surface area (Å²) >= 11 is 0. The van der Waals surface area contributed by atoms with Gasteiger partial charge in [-0.15, -0.1) is 0 Å². The standard InChI is InChI=1S/C10H12O3/c1-3-4-8-6-13-9(10(11)12)5-7(8)2/h3-4,9H,1-2,5-6H2,(H,11,12)/b8-4-. The van der Waals surface area contributed by atoms with E-state index < -0.39 is 12.1 Å². The lowest BCUT2D eigenvalue weighted by Crippen LogP contribution is -2.29. The van der Waals surface area contributed by atoms with Crippen LogP contribution >= 0.6 is 0 Å². The molecule has 1 fully saturated rings. The zero-order chi connectivity index (χ0) is 9.84. The van der Waals surface area contributed by atoms with Crippen LogP contribution in [0, 0.1) is 0 Å². The lowest BCUT2D eigenvalue weighted by Gasteiger charge is -2.23. The van der Waals surface area contributed by atoms with E-state index in [4.69, 9.17) is 9.84 Å². The molecular formula is C10H12O3. The SMILES string of the molecule is C=C/C=C1/COC(C(=O)O)CC1=C. The van der Waals surface area contributed by atoms with Crippen molar-refractivity contribution in [2.45, 2.75) is 12.5 Å². The van der Waals surface area contributed by atoms with Gasteiger partial charge >= 0.3 is 5.97 Å². The summed E-state index contributed by atoms with van der Waals surface area (Å²) in [6.45, 7) is 7.65. The first kappa shape index (κ1) is 9.74. The van der Waals surface area contributed by atoms with Gasteiger partial charge in [0.25, 0.3) is 0 Å². The second-order valence-electron chi connectivity index (χ2n) is 2.87. The monoisotopic (exact) mass is 180 g/mol. The number of hydrogen-bond acceptors (Lipinski definition) is 2. The summed E-state index contributed by atoms with van der Waals surface area (Å²) in [5.74, 6) is -0.932. The van der Waals surface area contributed by atoms with Crippen LogP contribution in [0.1, 0.15) is 6.42 Å². The zero-order valence-corrected chi connectivity index (χ0v) is 7.32. The Morgan fingerprint density at radius 2 is 2.38 bits per heavy atom. The minimum atomic E-state index is -0.932. The van der Waals surface area contributed by atoms with Gasteiger partial charge < -0.3 is 9.84 Å². The van der Waals surface area contributed by atoms with Gasteiger partial charge in [0.1, 0.15) is 0 Å². The lowest BCUT2D eigenvalue weighted by atomic mass is 9.99. The third kappa shape index (κ3) is 2.29. The van der Waals surface area contributed by atoms with E-state index in [1.54, 1.807) is 12.2 Å². The van der Waals surface area contributed by atoms with Crippen molar-refractivity contribution >= 4 is 5.97 Å². The Kier molecular flexibility index (Phi) is 3.03. The van der Waals surface area contributed by atoms with Crippen molar-refractivity contribution in [2.24, 2.45) is 0 Å². The predicted molar refractivity (Wildman–Crippen MR) is 49.4 cm³/mol. The Morgan fingerprint density at radius 3 is 2.85 bits per heavy atom. The molecule has 0 spiro atoms. The maximum absolute atomic E-state index is 10.6. The molecule has 1 heterocycles. The molecule has 70 valence electrons. The van der Waals surface area contributed by atoms with Crippen LogP contribution in [0.25, 0.3) is 0 Å². The van der Waals surface area contributed by atoms with Crippen molar-refractivity contribution in [2.75, 3.05) is 6.61 Å². The fourth-order valence-electron chi connectivity index (χ4n) is 1.17. The Balaban J connectivity index is 2.67. The molecule has 0 aromatic heterocycles. The lowest BCUT2D eigenvalue weighted by molar-refractivity contribution is -0.150. The van der Waals surface area contributed by atoms with E-state index in [2.05, 4.69) is 13.2 Å². The Hall–Kier alpha value is -1.35. The molecule has 0 aliphatic carbocycles. The van der Waals surface area contributed by atoms with Crippen LogP contribution in [-0.4, -0.2) is 23.8 Å². The highest BCUT2D eigenvalue weighted by Gasteiger charge is 2.25. The fraction of sp³-hybridized carbons (Fsp3) is 0.300. The molecule has 1 aliphatic heterocycles. The maximum atomic E-state index is 10.6. The molecule has 1 atom stereocenters. The molecule has 1 unspecified atom stereocenters. The van der Waals surface area contributed by atoms with E-state index in [0.29, 0.717) is 13.0 Å². The van der Waals surface area contributed by atoms with E-state index in [1.165, 1.54) is 0 Å². The summed E-state index contributed by atoms with van der Waals surface area (Å²) in [6.07, 6.45) is 3.05. The third-order valence-electron chi connectivity index (χ3n) is 1.92. The average molecular weight is 180 g/mol. The van der Waals surface area contributed by atoms with Gasteiger partial charge in [-0.2, -0.15) is 0 Å². The number of carbonyl (C=O) groups is 1. The zero-order valence-electron chi connectivity index (χ0n) is 7.32. The molecule has 1 saturated heterocycles. The highest BCUT2D eigenvalue weighted by Crippen LogP contribution is 2.22. The van der Waals surface area contributed by atoms with Gasteiger partial charge in [-0.05, 0) is 11.1 Å². The molecule has 1 aliphatic rings. The first-order valence-electron chi connectivity index (χ1n) is 3.99. The molecule has 3 heteroatoms. The highest BCUT2D eigenvalue weighted by molar-refractivity contribution is 5.73. The molecule has 0 aromatic rings. The number of carboxylic acids is 1. The Bertz CT molecular complexity index is 276. The maximum Gasteiger partial charge on any atom is 0.333 e. The minimum absolute atomic E-state index is 0.307. The van der Waals surface area contributed by atoms with Crippen LogP contribution in [0.4, 0.5) is 0 Å². The molecule has 1 rings (SSSR count). The molecule has 0 radical (unpaired) electrons. The van der Waals surface area contributed by atoms with Gasteiger partial charge in [0, 0.05) is 6.42 Å². The van der Waals surface area contributed by atoms with Gasteiger partial charge in [-0.25, -0.2) is 4.79 Å². The molecule has 0 bridgehead atoms. The van der Waals surface area contributed by atoms with E-state index in [0.717, 1.165) is 11.1 Å². The normalized spacial score (nSPS) is 26.0. The van der Waals surface area contributed by atoms with Gasteiger partial charge in [0.2, 0.25) is 0 Å². The van der Waals surface area contributed by atoms with Crippen molar-refractivity contribution in [3.8, 4) is 0 Å². The van der Waals surface area contributed by atoms with E-state index in [9.17, 15) is 4.79 Å². The van der Waals surface area contributed by atoms with Crippen LogP contribution in [-0.2, 0) is 9.53 Å². The predicted octanol–water partition coefficient (Wildman–Crippen LogP) is 1.53. The van der Waals surface area contributed by atoms with Crippen molar-refractivity contribution in [3.63, 3.8) is 0 Å². The smallest absolute Gasteiger partial charge is 0.333 e. The third-order valence-corrected chi connectivity index (χ3v) is 1.92. The first-order chi connectivity index (χ1) is 6.15. The van der Waals surface area contributed by atoms with Crippen molar-refractivity contribution in [3.05, 3.63) is 36.5 Å². The number of hydrogen-bond donors (Lipinski definition) is 1. The largest absolute Gasteiger partial charge is 0.479 e. The molecule has 13 heavy (non-hydrogen) atoms. The summed E-state index contributed by atoms with van der Waals surface area (Å²) < 4.78 is 5.10. The Labute approximate surface area is 77.0 Å². The summed E-state index contributed by atoms with van der Waals surface area (Å²) in [6, 6.07) is 0. The van der Waals surface area contributed by atoms with Crippen molar-refractivity contribution in [1.82, 2.24) is 0 Å². The summed E-state index contributed by atoms with van der Waals surface area (Å²) in [7, 11) is 0. The first-order valence-corrected chi connectivity index (χ1v) is 3.99. The van der Waals surface area contributed by atoms with Crippen LogP contribution < -0.4 is 0 Å². The van der Waals surface area contributed by atoms with Gasteiger partial charge in [0.15, 0.2) is 6.10 Å². The molecule has 0 saturated carbocycles. The Morgan fingerprint density at radius 1 is 1.69 bits per heavy atom. The summed E-state index contributed by atoms with van der Waals surface area (Å²) in [4.78, 5) is 10.6. The van der Waals surface area contributed by atoms with Crippen LogP contribution in [0.2, 0.25) is 0 Å². The fourth-order valence-corrected chi connectivity index (χ4v) is 1.17. The second kappa shape index (κ2) is 4.05. The minimum Gasteiger partial charge on any atom is -0.479 e. The van der Waals surface area contributed by atoms with Crippen molar-refractivity contribution in [1.29, 1.82) is 0 Å². The number of rotatable bonds is 2. The van der Waals surface area contributed by atoms with E-state index in [1.807, 2.05) is 0 Å². The molecular weight excluding hydrogens is 168 g/mol. The summed E-state index contributed by atoms with van der Waals surface area (Å²) in [5.41, 5.74) is 1.74. The number of aliphatic carboxylic acids is 1. The van der Waals surface area contributed by atoms with Crippen LogP contribution in [0.5, 0.6) is 0 Å². The van der Waals surface area contributed by atoms with Gasteiger partial charge in [0.05, 0.1) is 6.61 Å². The van der Waals surface area contributed by atoms with Gasteiger partial charge in [-0.3, -0.25) is 0 Å². The second-order valence-corrected chi connectivity index (χ2v) is 2.87. The topological polar surface area (TPSA) is 46.5 Å².